The van der Waals surface area contributed by atoms with Gasteiger partial charge in [-0.1, -0.05) is 17.2 Å². The lowest BCUT2D eigenvalue weighted by Gasteiger charge is -2.00. The number of thioether (sulfide) groups is 1. The van der Waals surface area contributed by atoms with E-state index in [-0.39, 0.29) is 5.25 Å². The van der Waals surface area contributed by atoms with Crippen LogP contribution in [0.25, 0.3) is 11.5 Å². The van der Waals surface area contributed by atoms with E-state index < -0.39 is 0 Å². The Labute approximate surface area is 110 Å². The van der Waals surface area contributed by atoms with Crippen LogP contribution < -0.4 is 0 Å². The highest BCUT2D eigenvalue weighted by Gasteiger charge is 2.12. The maximum absolute atomic E-state index is 8.73. The van der Waals surface area contributed by atoms with Crippen molar-refractivity contribution < 1.29 is 4.42 Å². The molecule has 1 aromatic carbocycles. The van der Waals surface area contributed by atoms with Crippen molar-refractivity contribution in [2.24, 2.45) is 0 Å². The van der Waals surface area contributed by atoms with Gasteiger partial charge in [-0.2, -0.15) is 5.26 Å². The minimum absolute atomic E-state index is 0.197. The first-order chi connectivity index (χ1) is 8.58. The van der Waals surface area contributed by atoms with Gasteiger partial charge in [0.25, 0.3) is 5.22 Å². The monoisotopic (exact) mass is 259 g/mol. The van der Waals surface area contributed by atoms with E-state index in [9.17, 15) is 0 Å². The zero-order chi connectivity index (χ0) is 13.1. The summed E-state index contributed by atoms with van der Waals surface area (Å²) in [6.45, 7) is 5.85. The topological polar surface area (TPSA) is 62.7 Å². The van der Waals surface area contributed by atoms with Crippen LogP contribution in [0.1, 0.15) is 18.1 Å². The molecule has 1 aromatic heterocycles. The Bertz CT molecular complexity index is 580. The molecule has 0 saturated heterocycles. The highest BCUT2D eigenvalue weighted by atomic mass is 32.2. The van der Waals surface area contributed by atoms with Gasteiger partial charge in [-0.05, 0) is 44.7 Å². The molecule has 0 amide bonds. The second kappa shape index (κ2) is 5.23. The van der Waals surface area contributed by atoms with Gasteiger partial charge in [0.15, 0.2) is 0 Å². The van der Waals surface area contributed by atoms with E-state index in [0.29, 0.717) is 11.1 Å². The van der Waals surface area contributed by atoms with Crippen molar-refractivity contribution in [3.8, 4) is 17.5 Å². The van der Waals surface area contributed by atoms with Crippen LogP contribution in [0.3, 0.4) is 0 Å². The lowest BCUT2D eigenvalue weighted by Crippen LogP contribution is -1.88. The summed E-state index contributed by atoms with van der Waals surface area (Å²) < 4.78 is 5.54. The van der Waals surface area contributed by atoms with E-state index in [1.54, 1.807) is 6.92 Å². The number of nitriles is 1. The number of rotatable bonds is 3. The molecule has 0 spiro atoms. The quantitative estimate of drug-likeness (QED) is 0.791. The van der Waals surface area contributed by atoms with Crippen LogP contribution in [0.4, 0.5) is 0 Å². The maximum Gasteiger partial charge on any atom is 0.278 e. The Morgan fingerprint density at radius 3 is 2.50 bits per heavy atom. The first kappa shape index (κ1) is 12.7. The molecule has 5 heteroatoms. The molecule has 2 aromatic rings. The molecule has 0 saturated carbocycles. The van der Waals surface area contributed by atoms with Crippen molar-refractivity contribution in [2.75, 3.05) is 0 Å². The summed E-state index contributed by atoms with van der Waals surface area (Å²) in [7, 11) is 0. The van der Waals surface area contributed by atoms with E-state index >= 15 is 0 Å². The lowest BCUT2D eigenvalue weighted by atomic mass is 10.1. The van der Waals surface area contributed by atoms with Crippen LogP contribution in [0.2, 0.25) is 0 Å². The van der Waals surface area contributed by atoms with Crippen LogP contribution in [0.5, 0.6) is 0 Å². The summed E-state index contributed by atoms with van der Waals surface area (Å²) >= 11 is 1.27. The van der Waals surface area contributed by atoms with Gasteiger partial charge in [0.05, 0.1) is 11.3 Å². The Hall–Kier alpha value is -1.80. The molecule has 0 aliphatic carbocycles. The lowest BCUT2D eigenvalue weighted by molar-refractivity contribution is 0.465. The van der Waals surface area contributed by atoms with Gasteiger partial charge >= 0.3 is 0 Å². The van der Waals surface area contributed by atoms with Crippen molar-refractivity contribution in [1.82, 2.24) is 10.2 Å². The summed E-state index contributed by atoms with van der Waals surface area (Å²) in [5.41, 5.74) is 3.22. The standard InChI is InChI=1S/C13H13N3OS/c1-8-4-9(2)6-11(5-8)12-15-16-13(17-12)18-10(3)7-14/h4-6,10H,1-3H3/t10-/m0/s1. The number of hydrogen-bond donors (Lipinski definition) is 0. The third-order valence-corrected chi connectivity index (χ3v) is 3.16. The number of hydrogen-bond acceptors (Lipinski definition) is 5. The van der Waals surface area contributed by atoms with Gasteiger partial charge in [0.2, 0.25) is 5.89 Å². The molecule has 0 aliphatic heterocycles. The molecule has 1 atom stereocenters. The number of benzene rings is 1. The van der Waals surface area contributed by atoms with Gasteiger partial charge in [0.1, 0.15) is 0 Å². The Kier molecular flexibility index (Phi) is 3.68. The zero-order valence-corrected chi connectivity index (χ0v) is 11.3. The van der Waals surface area contributed by atoms with Crippen LogP contribution in [-0.2, 0) is 0 Å². The Morgan fingerprint density at radius 1 is 1.22 bits per heavy atom. The molecule has 0 unspecified atom stereocenters. The van der Waals surface area contributed by atoms with Crippen LogP contribution in [0.15, 0.2) is 27.8 Å². The van der Waals surface area contributed by atoms with Crippen molar-refractivity contribution in [1.29, 1.82) is 5.26 Å². The van der Waals surface area contributed by atoms with Crippen LogP contribution in [-0.4, -0.2) is 15.4 Å². The second-order valence-electron chi connectivity index (χ2n) is 4.14. The number of aromatic nitrogens is 2. The molecule has 1 heterocycles. The normalized spacial score (nSPS) is 12.1. The average Bonchev–Trinajstić information content (AvgIpc) is 2.76. The van der Waals surface area contributed by atoms with Crippen molar-refractivity contribution in [3.05, 3.63) is 29.3 Å². The van der Waals surface area contributed by atoms with Gasteiger partial charge in [-0.15, -0.1) is 10.2 Å². The predicted molar refractivity (Wildman–Crippen MR) is 70.1 cm³/mol. The van der Waals surface area contributed by atoms with Gasteiger partial charge in [-0.3, -0.25) is 0 Å². The Balaban J connectivity index is 2.27. The van der Waals surface area contributed by atoms with Gasteiger partial charge in [-0.25, -0.2) is 0 Å². The van der Waals surface area contributed by atoms with Crippen molar-refractivity contribution in [3.63, 3.8) is 0 Å². The third-order valence-electron chi connectivity index (χ3n) is 2.33. The molecule has 18 heavy (non-hydrogen) atoms. The van der Waals surface area contributed by atoms with Gasteiger partial charge in [0, 0.05) is 5.56 Å². The fourth-order valence-electron chi connectivity index (χ4n) is 1.65. The van der Waals surface area contributed by atoms with E-state index in [1.807, 2.05) is 26.0 Å². The molecule has 2 rings (SSSR count). The molecule has 0 aliphatic rings. The second-order valence-corrected chi connectivity index (χ2v) is 5.43. The Morgan fingerprint density at radius 2 is 1.89 bits per heavy atom. The molecular formula is C13H13N3OS. The minimum atomic E-state index is -0.197. The molecule has 92 valence electrons. The summed E-state index contributed by atoms with van der Waals surface area (Å²) in [4.78, 5) is 0. The smallest absolute Gasteiger partial charge is 0.278 e. The molecular weight excluding hydrogens is 246 g/mol. The van der Waals surface area contributed by atoms with E-state index in [2.05, 4.69) is 22.3 Å². The van der Waals surface area contributed by atoms with E-state index in [0.717, 1.165) is 16.7 Å². The molecule has 0 N–H and O–H groups in total. The highest BCUT2D eigenvalue weighted by molar-refractivity contribution is 7.99. The fraction of sp³-hybridized carbons (Fsp3) is 0.308. The zero-order valence-electron chi connectivity index (χ0n) is 10.5. The minimum Gasteiger partial charge on any atom is -0.411 e. The summed E-state index contributed by atoms with van der Waals surface area (Å²) in [6, 6.07) is 8.21. The summed E-state index contributed by atoms with van der Waals surface area (Å²) in [6.07, 6.45) is 0. The summed E-state index contributed by atoms with van der Waals surface area (Å²) in [5, 5.41) is 16.9. The number of nitrogens with zero attached hydrogens (tertiary/aromatic N) is 3. The molecule has 0 radical (unpaired) electrons. The summed E-state index contributed by atoms with van der Waals surface area (Å²) in [5.74, 6) is 0.495. The van der Waals surface area contributed by atoms with Crippen LogP contribution in [0, 0.1) is 25.2 Å². The first-order valence-corrected chi connectivity index (χ1v) is 6.45. The fourth-order valence-corrected chi connectivity index (χ4v) is 2.22. The van der Waals surface area contributed by atoms with Gasteiger partial charge < -0.3 is 4.42 Å². The first-order valence-electron chi connectivity index (χ1n) is 5.57. The molecule has 0 bridgehead atoms. The van der Waals surface area contributed by atoms with E-state index in [4.69, 9.17) is 9.68 Å². The number of aryl methyl sites for hydroxylation is 2. The maximum atomic E-state index is 8.73. The average molecular weight is 259 g/mol. The highest BCUT2D eigenvalue weighted by Crippen LogP contribution is 2.26. The SMILES string of the molecule is Cc1cc(C)cc(-c2nnc(S[C@@H](C)C#N)o2)c1. The van der Waals surface area contributed by atoms with Crippen LogP contribution >= 0.6 is 11.8 Å². The van der Waals surface area contributed by atoms with Crippen molar-refractivity contribution >= 4 is 11.8 Å². The van der Waals surface area contributed by atoms with E-state index in [1.165, 1.54) is 11.8 Å². The molecule has 4 nitrogen and oxygen atoms in total. The predicted octanol–water partition coefficient (Wildman–Crippen LogP) is 3.36. The van der Waals surface area contributed by atoms with Crippen molar-refractivity contribution in [2.45, 2.75) is 31.2 Å². The largest absolute Gasteiger partial charge is 0.411 e. The molecule has 0 fully saturated rings. The third kappa shape index (κ3) is 2.90.